The molecule has 0 saturated carbocycles. The largest absolute Gasteiger partial charge is 0.342 e. The van der Waals surface area contributed by atoms with Crippen LogP contribution in [0.25, 0.3) is 0 Å². The summed E-state index contributed by atoms with van der Waals surface area (Å²) in [6.45, 7) is 4.18. The smallest absolute Gasteiger partial charge is 0.250 e. The van der Waals surface area contributed by atoms with Crippen LogP contribution in [0.4, 0.5) is 4.39 Å². The van der Waals surface area contributed by atoms with Crippen molar-refractivity contribution >= 4 is 32.7 Å². The fraction of sp³-hybridized carbons (Fsp3) is 0.529. The van der Waals surface area contributed by atoms with Crippen LogP contribution in [0.2, 0.25) is 0 Å². The highest BCUT2D eigenvalue weighted by molar-refractivity contribution is 8.15. The number of fused-ring (bicyclic) bond motifs is 1. The van der Waals surface area contributed by atoms with Crippen LogP contribution < -0.4 is 0 Å². The number of amidine groups is 1. The molecular weight excluding hydrogens is 363 g/mol. The van der Waals surface area contributed by atoms with Crippen LogP contribution in [-0.4, -0.2) is 47.2 Å². The van der Waals surface area contributed by atoms with Crippen molar-refractivity contribution in [3.8, 4) is 0 Å². The van der Waals surface area contributed by atoms with Gasteiger partial charge >= 0.3 is 0 Å². The van der Waals surface area contributed by atoms with Gasteiger partial charge in [-0.15, -0.1) is 0 Å². The van der Waals surface area contributed by atoms with Crippen molar-refractivity contribution in [2.45, 2.75) is 38.1 Å². The highest BCUT2D eigenvalue weighted by atomic mass is 32.2. The summed E-state index contributed by atoms with van der Waals surface area (Å²) in [5.41, 5.74) is 0.857. The van der Waals surface area contributed by atoms with Gasteiger partial charge < -0.3 is 4.90 Å². The van der Waals surface area contributed by atoms with E-state index >= 15 is 0 Å². The summed E-state index contributed by atoms with van der Waals surface area (Å²) in [4.78, 5) is 18.4. The van der Waals surface area contributed by atoms with E-state index in [1.165, 1.54) is 23.9 Å². The molecule has 0 spiro atoms. The minimum atomic E-state index is -3.07. The number of nitrogens with zero attached hydrogens (tertiary/aromatic N) is 2. The number of aliphatic imine (C=N–C) groups is 1. The minimum absolute atomic E-state index is 0.0718. The van der Waals surface area contributed by atoms with Crippen molar-refractivity contribution < 1.29 is 17.6 Å². The molecule has 2 fully saturated rings. The van der Waals surface area contributed by atoms with Gasteiger partial charge in [0.1, 0.15) is 5.82 Å². The van der Waals surface area contributed by atoms with Crippen LogP contribution in [0, 0.1) is 11.7 Å². The third-order valence-electron chi connectivity index (χ3n) is 4.68. The number of hydrogen-bond acceptors (Lipinski definition) is 4. The number of sulfone groups is 1. The predicted octanol–water partition coefficient (Wildman–Crippen LogP) is 2.47. The molecule has 2 aliphatic heterocycles. The second-order valence-corrected chi connectivity index (χ2v) is 9.96. The van der Waals surface area contributed by atoms with Crippen LogP contribution in [0.15, 0.2) is 29.3 Å². The third kappa shape index (κ3) is 4.06. The highest BCUT2D eigenvalue weighted by Gasteiger charge is 2.48. The lowest BCUT2D eigenvalue weighted by molar-refractivity contribution is -0.121. The van der Waals surface area contributed by atoms with E-state index in [1.807, 2.05) is 18.7 Å². The first kappa shape index (κ1) is 18.4. The first-order valence-corrected chi connectivity index (χ1v) is 11.0. The molecule has 1 amide bonds. The van der Waals surface area contributed by atoms with Gasteiger partial charge in [-0.2, -0.15) is 4.99 Å². The quantitative estimate of drug-likeness (QED) is 0.798. The Bertz CT molecular complexity index is 793. The highest BCUT2D eigenvalue weighted by Crippen LogP contribution is 2.39. The maximum atomic E-state index is 13.1. The number of thioether (sulfide) groups is 1. The summed E-state index contributed by atoms with van der Waals surface area (Å²) in [5, 5.41) is 0.480. The molecule has 3 atom stereocenters. The van der Waals surface area contributed by atoms with Gasteiger partial charge in [-0.25, -0.2) is 12.8 Å². The Morgan fingerprint density at radius 3 is 2.68 bits per heavy atom. The minimum Gasteiger partial charge on any atom is -0.342 e. The first-order chi connectivity index (χ1) is 11.8. The number of halogens is 1. The summed E-state index contributed by atoms with van der Waals surface area (Å²) < 4.78 is 37.1. The second kappa shape index (κ2) is 7.07. The van der Waals surface area contributed by atoms with E-state index in [-0.39, 0.29) is 40.4 Å². The molecule has 8 heteroatoms. The van der Waals surface area contributed by atoms with Gasteiger partial charge in [0.25, 0.3) is 5.91 Å². The number of amides is 1. The fourth-order valence-electron chi connectivity index (χ4n) is 2.99. The molecule has 1 aromatic carbocycles. The van der Waals surface area contributed by atoms with Gasteiger partial charge in [0.05, 0.1) is 17.5 Å². The Hall–Kier alpha value is -1.41. The Morgan fingerprint density at radius 1 is 1.36 bits per heavy atom. The van der Waals surface area contributed by atoms with E-state index in [0.29, 0.717) is 18.1 Å². The van der Waals surface area contributed by atoms with E-state index in [1.54, 1.807) is 12.1 Å². The molecule has 1 aromatic rings. The van der Waals surface area contributed by atoms with E-state index in [0.717, 1.165) is 5.56 Å². The molecule has 5 nitrogen and oxygen atoms in total. The molecule has 0 radical (unpaired) electrons. The molecule has 25 heavy (non-hydrogen) atoms. The summed E-state index contributed by atoms with van der Waals surface area (Å²) in [6, 6.07) is 5.91. The molecule has 0 unspecified atom stereocenters. The number of rotatable bonds is 4. The summed E-state index contributed by atoms with van der Waals surface area (Å²) in [5.74, 6) is -0.482. The molecular formula is C17H21FN2O3S2. The summed E-state index contributed by atoms with van der Waals surface area (Å²) in [7, 11) is -3.07. The van der Waals surface area contributed by atoms with Crippen molar-refractivity contribution in [1.29, 1.82) is 0 Å². The average molecular weight is 384 g/mol. The Balaban J connectivity index is 1.88. The van der Waals surface area contributed by atoms with E-state index in [9.17, 15) is 17.6 Å². The molecule has 0 N–H and O–H groups in total. The molecule has 2 saturated heterocycles. The average Bonchev–Trinajstić information content (AvgIpc) is 3.01. The molecule has 2 aliphatic rings. The van der Waals surface area contributed by atoms with Crippen molar-refractivity contribution in [1.82, 2.24) is 4.90 Å². The van der Waals surface area contributed by atoms with E-state index in [2.05, 4.69) is 4.99 Å². The van der Waals surface area contributed by atoms with Crippen LogP contribution in [0.5, 0.6) is 0 Å². The standard InChI is InChI=1S/C17H21FN2O3S2/c1-3-11(2)16(21)19-17-20(8-12-4-6-13(18)7-5-12)14-9-25(22,23)10-15(14)24-17/h4-7,11,14-15H,3,8-10H2,1-2H3/t11-,14-,15+/m0/s1. The monoisotopic (exact) mass is 384 g/mol. The van der Waals surface area contributed by atoms with E-state index < -0.39 is 9.84 Å². The van der Waals surface area contributed by atoms with Crippen LogP contribution in [0.1, 0.15) is 25.8 Å². The molecule has 0 bridgehead atoms. The van der Waals surface area contributed by atoms with E-state index in [4.69, 9.17) is 0 Å². The zero-order valence-corrected chi connectivity index (χ0v) is 15.8. The van der Waals surface area contributed by atoms with Gasteiger partial charge in [0, 0.05) is 17.7 Å². The lowest BCUT2D eigenvalue weighted by atomic mass is 10.1. The summed E-state index contributed by atoms with van der Waals surface area (Å²) in [6.07, 6.45) is 0.708. The maximum absolute atomic E-state index is 13.1. The molecule has 2 heterocycles. The van der Waals surface area contributed by atoms with Crippen LogP contribution in [-0.2, 0) is 21.2 Å². The lowest BCUT2D eigenvalue weighted by Crippen LogP contribution is -2.37. The van der Waals surface area contributed by atoms with Crippen molar-refractivity contribution in [2.75, 3.05) is 11.5 Å². The molecule has 136 valence electrons. The predicted molar refractivity (Wildman–Crippen MR) is 97.7 cm³/mol. The zero-order valence-electron chi connectivity index (χ0n) is 14.2. The van der Waals surface area contributed by atoms with Crippen LogP contribution in [0.3, 0.4) is 0 Å². The maximum Gasteiger partial charge on any atom is 0.250 e. The SMILES string of the molecule is CC[C@H](C)C(=O)N=C1S[C@@H]2CS(=O)(=O)C[C@@H]2N1Cc1ccc(F)cc1. The number of benzene rings is 1. The van der Waals surface area contributed by atoms with Crippen LogP contribution >= 0.6 is 11.8 Å². The first-order valence-electron chi connectivity index (χ1n) is 8.29. The molecule has 0 aliphatic carbocycles. The van der Waals surface area contributed by atoms with Gasteiger partial charge in [-0.1, -0.05) is 37.7 Å². The molecule has 3 rings (SSSR count). The van der Waals surface area contributed by atoms with Crippen molar-refractivity contribution in [3.63, 3.8) is 0 Å². The second-order valence-electron chi connectivity index (χ2n) is 6.60. The third-order valence-corrected chi connectivity index (χ3v) is 7.93. The van der Waals surface area contributed by atoms with Gasteiger partial charge in [-0.05, 0) is 24.1 Å². The topological polar surface area (TPSA) is 66.8 Å². The van der Waals surface area contributed by atoms with Gasteiger partial charge in [0.2, 0.25) is 0 Å². The number of carbonyl (C=O) groups is 1. The Morgan fingerprint density at radius 2 is 2.04 bits per heavy atom. The lowest BCUT2D eigenvalue weighted by Gasteiger charge is -2.24. The van der Waals surface area contributed by atoms with Crippen molar-refractivity contribution in [3.05, 3.63) is 35.6 Å². The molecule has 0 aromatic heterocycles. The van der Waals surface area contributed by atoms with Gasteiger partial charge in [0.15, 0.2) is 15.0 Å². The number of hydrogen-bond donors (Lipinski definition) is 0. The summed E-state index contributed by atoms with van der Waals surface area (Å²) >= 11 is 1.37. The number of carbonyl (C=O) groups excluding carboxylic acids is 1. The van der Waals surface area contributed by atoms with Crippen molar-refractivity contribution in [2.24, 2.45) is 10.9 Å². The van der Waals surface area contributed by atoms with Gasteiger partial charge in [-0.3, -0.25) is 4.79 Å². The zero-order chi connectivity index (χ0) is 18.2. The Kier molecular flexibility index (Phi) is 5.20. The Labute approximate surface area is 151 Å². The fourth-order valence-corrected chi connectivity index (χ4v) is 6.94. The normalized spacial score (nSPS) is 27.5.